The van der Waals surface area contributed by atoms with Crippen molar-refractivity contribution >= 4 is 37.8 Å². The Morgan fingerprint density at radius 2 is 2.19 bits per heavy atom. The van der Waals surface area contributed by atoms with Crippen LogP contribution < -0.4 is 0 Å². The average molecular weight is 349 g/mol. The van der Waals surface area contributed by atoms with Crippen molar-refractivity contribution in [3.63, 3.8) is 0 Å². The molecule has 0 aliphatic rings. The minimum atomic E-state index is -0.669. The highest BCUT2D eigenvalue weighted by atomic mass is 79.9. The van der Waals surface area contributed by atoms with Crippen LogP contribution in [-0.2, 0) is 0 Å². The summed E-state index contributed by atoms with van der Waals surface area (Å²) in [6.45, 7) is 0. The highest BCUT2D eigenvalue weighted by molar-refractivity contribution is 9.10. The van der Waals surface area contributed by atoms with Crippen LogP contribution in [0.5, 0.6) is 0 Å². The van der Waals surface area contributed by atoms with Crippen molar-refractivity contribution in [2.75, 3.05) is 0 Å². The molecule has 0 amide bonds. The highest BCUT2D eigenvalue weighted by Crippen LogP contribution is 2.22. The van der Waals surface area contributed by atoms with Crippen molar-refractivity contribution in [2.24, 2.45) is 0 Å². The molecule has 0 bridgehead atoms. The van der Waals surface area contributed by atoms with Gasteiger partial charge < -0.3 is 10.1 Å². The molecule has 0 unspecified atom stereocenters. The summed E-state index contributed by atoms with van der Waals surface area (Å²) in [6.07, 6.45) is 1.56. The standard InChI is InChI=1S/C7H3Br2N5O2/c8-4-2-1-3-10-5(4)13-6(9)11-7(12-13)14(15)16/h1-3H. The number of rotatable bonds is 2. The van der Waals surface area contributed by atoms with Crippen LogP contribution >= 0.6 is 31.9 Å². The van der Waals surface area contributed by atoms with Crippen molar-refractivity contribution < 1.29 is 4.92 Å². The molecule has 0 radical (unpaired) electrons. The second-order valence-electron chi connectivity index (χ2n) is 2.66. The summed E-state index contributed by atoms with van der Waals surface area (Å²) < 4.78 is 2.12. The molecule has 0 N–H and O–H groups in total. The Balaban J connectivity index is 2.57. The zero-order chi connectivity index (χ0) is 11.7. The molecule has 0 saturated heterocycles. The number of halogens is 2. The quantitative estimate of drug-likeness (QED) is 0.612. The average Bonchev–Trinajstić information content (AvgIpc) is 2.61. The molecule has 7 nitrogen and oxygen atoms in total. The Labute approximate surface area is 106 Å². The number of hydrogen-bond acceptors (Lipinski definition) is 5. The number of hydrogen-bond donors (Lipinski definition) is 0. The van der Waals surface area contributed by atoms with E-state index in [1.54, 1.807) is 18.3 Å². The molecule has 0 atom stereocenters. The van der Waals surface area contributed by atoms with Crippen LogP contribution in [0, 0.1) is 10.1 Å². The zero-order valence-corrected chi connectivity index (χ0v) is 10.7. The predicted octanol–water partition coefficient (Wildman–Crippen LogP) is 2.10. The fraction of sp³-hybridized carbons (Fsp3) is 0. The van der Waals surface area contributed by atoms with Gasteiger partial charge in [-0.3, -0.25) is 0 Å². The van der Waals surface area contributed by atoms with Crippen LogP contribution in [-0.4, -0.2) is 24.7 Å². The lowest BCUT2D eigenvalue weighted by Crippen LogP contribution is -2.01. The molecule has 0 aromatic carbocycles. The van der Waals surface area contributed by atoms with E-state index in [1.165, 1.54) is 4.68 Å². The van der Waals surface area contributed by atoms with Gasteiger partial charge in [-0.2, -0.15) is 0 Å². The molecule has 0 aliphatic carbocycles. The van der Waals surface area contributed by atoms with Gasteiger partial charge in [0.1, 0.15) is 0 Å². The first-order valence-electron chi connectivity index (χ1n) is 3.97. The van der Waals surface area contributed by atoms with Crippen LogP contribution in [0.3, 0.4) is 0 Å². The topological polar surface area (TPSA) is 86.7 Å². The summed E-state index contributed by atoms with van der Waals surface area (Å²) in [5.41, 5.74) is 0. The summed E-state index contributed by atoms with van der Waals surface area (Å²) in [6, 6.07) is 3.48. The van der Waals surface area contributed by atoms with Gasteiger partial charge in [0.05, 0.1) is 4.47 Å². The van der Waals surface area contributed by atoms with E-state index in [9.17, 15) is 10.1 Å². The Bertz CT molecular complexity index is 555. The lowest BCUT2D eigenvalue weighted by molar-refractivity contribution is -0.394. The van der Waals surface area contributed by atoms with E-state index in [0.717, 1.165) is 0 Å². The smallest absolute Gasteiger partial charge is 0.390 e. The Kier molecular flexibility index (Phi) is 2.97. The van der Waals surface area contributed by atoms with Crippen molar-refractivity contribution in [3.8, 4) is 5.82 Å². The van der Waals surface area contributed by atoms with E-state index in [4.69, 9.17) is 0 Å². The van der Waals surface area contributed by atoms with Crippen molar-refractivity contribution in [1.82, 2.24) is 19.7 Å². The maximum Gasteiger partial charge on any atom is 0.492 e. The van der Waals surface area contributed by atoms with E-state index < -0.39 is 10.9 Å². The van der Waals surface area contributed by atoms with Gasteiger partial charge in [0, 0.05) is 27.2 Å². The molecule has 2 rings (SSSR count). The summed E-state index contributed by atoms with van der Waals surface area (Å²) in [4.78, 5) is 17.5. The van der Waals surface area contributed by atoms with Gasteiger partial charge in [0.25, 0.3) is 4.73 Å². The number of nitro groups is 1. The van der Waals surface area contributed by atoms with E-state index in [0.29, 0.717) is 10.3 Å². The van der Waals surface area contributed by atoms with E-state index in [2.05, 4.69) is 46.9 Å². The number of aromatic nitrogens is 4. The first-order chi connectivity index (χ1) is 7.59. The van der Waals surface area contributed by atoms with Gasteiger partial charge in [-0.25, -0.2) is 4.98 Å². The van der Waals surface area contributed by atoms with E-state index >= 15 is 0 Å². The lowest BCUT2D eigenvalue weighted by atomic mass is 10.5. The van der Waals surface area contributed by atoms with Crippen LogP contribution in [0.2, 0.25) is 0 Å². The molecule has 2 aromatic heterocycles. The lowest BCUT2D eigenvalue weighted by Gasteiger charge is -1.98. The third kappa shape index (κ3) is 1.95. The Hall–Kier alpha value is -1.35. The Morgan fingerprint density at radius 1 is 1.44 bits per heavy atom. The minimum Gasteiger partial charge on any atom is -0.390 e. The minimum absolute atomic E-state index is 0.221. The number of nitrogens with zero attached hydrogens (tertiary/aromatic N) is 5. The molecular formula is C7H3Br2N5O2. The van der Waals surface area contributed by atoms with Gasteiger partial charge in [-0.1, -0.05) is 0 Å². The predicted molar refractivity (Wildman–Crippen MR) is 61.2 cm³/mol. The zero-order valence-electron chi connectivity index (χ0n) is 7.54. The second kappa shape index (κ2) is 4.26. The third-order valence-electron chi connectivity index (χ3n) is 1.66. The van der Waals surface area contributed by atoms with Gasteiger partial charge >= 0.3 is 5.95 Å². The van der Waals surface area contributed by atoms with Gasteiger partial charge in [0.15, 0.2) is 5.82 Å². The first kappa shape index (κ1) is 11.1. The monoisotopic (exact) mass is 347 g/mol. The molecule has 9 heteroatoms. The molecule has 0 aliphatic heterocycles. The van der Waals surface area contributed by atoms with Crippen LogP contribution in [0.1, 0.15) is 0 Å². The summed E-state index contributed by atoms with van der Waals surface area (Å²) >= 11 is 6.35. The van der Waals surface area contributed by atoms with Gasteiger partial charge in [-0.05, 0) is 38.0 Å². The maximum atomic E-state index is 10.5. The van der Waals surface area contributed by atoms with E-state index in [-0.39, 0.29) is 4.73 Å². The summed E-state index contributed by atoms with van der Waals surface area (Å²) in [5.74, 6) is -0.0561. The fourth-order valence-corrected chi connectivity index (χ4v) is 1.86. The first-order valence-corrected chi connectivity index (χ1v) is 5.56. The third-order valence-corrected chi connectivity index (χ3v) is 2.79. The Morgan fingerprint density at radius 3 is 2.75 bits per heavy atom. The second-order valence-corrected chi connectivity index (χ2v) is 4.22. The fourth-order valence-electron chi connectivity index (χ4n) is 1.03. The number of pyridine rings is 1. The van der Waals surface area contributed by atoms with Crippen LogP contribution in [0.15, 0.2) is 27.5 Å². The SMILES string of the molecule is O=[N+]([O-])c1nc(Br)n(-c2ncccc2Br)n1. The normalized spacial score (nSPS) is 10.4. The molecular weight excluding hydrogens is 346 g/mol. The molecule has 0 fully saturated rings. The molecule has 16 heavy (non-hydrogen) atoms. The van der Waals surface area contributed by atoms with Crippen molar-refractivity contribution in [2.45, 2.75) is 0 Å². The molecule has 2 aromatic rings. The van der Waals surface area contributed by atoms with Crippen LogP contribution in [0.4, 0.5) is 5.95 Å². The largest absolute Gasteiger partial charge is 0.492 e. The molecule has 82 valence electrons. The van der Waals surface area contributed by atoms with Crippen molar-refractivity contribution in [3.05, 3.63) is 37.7 Å². The summed E-state index contributed by atoms with van der Waals surface area (Å²) in [5, 5.41) is 14.2. The van der Waals surface area contributed by atoms with Crippen molar-refractivity contribution in [1.29, 1.82) is 0 Å². The van der Waals surface area contributed by atoms with E-state index in [1.807, 2.05) is 0 Å². The molecule has 0 saturated carbocycles. The molecule has 2 heterocycles. The van der Waals surface area contributed by atoms with Crippen LogP contribution in [0.25, 0.3) is 5.82 Å². The maximum absolute atomic E-state index is 10.5. The van der Waals surface area contributed by atoms with Gasteiger partial charge in [-0.15, -0.1) is 4.68 Å². The highest BCUT2D eigenvalue weighted by Gasteiger charge is 2.22. The molecule has 0 spiro atoms. The van der Waals surface area contributed by atoms with Gasteiger partial charge in [0.2, 0.25) is 0 Å². The summed E-state index contributed by atoms with van der Waals surface area (Å²) in [7, 11) is 0.